The molecule has 1 aliphatic carbocycles. The Labute approximate surface area is 160 Å². The molecule has 0 amide bonds. The lowest BCUT2D eigenvalue weighted by molar-refractivity contribution is 0.0512. The molecular formula is C21H28N4O2. The van der Waals surface area contributed by atoms with Gasteiger partial charge in [-0.1, -0.05) is 13.0 Å². The van der Waals surface area contributed by atoms with E-state index in [2.05, 4.69) is 29.1 Å². The zero-order valence-electron chi connectivity index (χ0n) is 16.4. The fourth-order valence-electron chi connectivity index (χ4n) is 4.11. The van der Waals surface area contributed by atoms with Crippen LogP contribution in [0.15, 0.2) is 18.2 Å². The van der Waals surface area contributed by atoms with Crippen molar-refractivity contribution in [3.63, 3.8) is 0 Å². The highest BCUT2D eigenvalue weighted by Gasteiger charge is 2.45. The van der Waals surface area contributed by atoms with Gasteiger partial charge in [-0.15, -0.1) is 0 Å². The Hall–Kier alpha value is -2.37. The van der Waals surface area contributed by atoms with E-state index in [9.17, 15) is 4.79 Å². The lowest BCUT2D eigenvalue weighted by Crippen LogP contribution is -2.23. The predicted octanol–water partition coefficient (Wildman–Crippen LogP) is 3.08. The van der Waals surface area contributed by atoms with Gasteiger partial charge < -0.3 is 9.64 Å². The summed E-state index contributed by atoms with van der Waals surface area (Å²) in [5.41, 5.74) is 3.71. The van der Waals surface area contributed by atoms with Crippen LogP contribution in [-0.2, 0) is 24.1 Å². The minimum absolute atomic E-state index is 0.310. The van der Waals surface area contributed by atoms with Gasteiger partial charge in [0.25, 0.3) is 0 Å². The van der Waals surface area contributed by atoms with Gasteiger partial charge in [-0.25, -0.2) is 9.78 Å². The predicted molar refractivity (Wildman–Crippen MR) is 104 cm³/mol. The van der Waals surface area contributed by atoms with Gasteiger partial charge in [0.05, 0.1) is 12.3 Å². The maximum atomic E-state index is 12.1. The second kappa shape index (κ2) is 7.33. The van der Waals surface area contributed by atoms with Crippen LogP contribution in [0, 0.1) is 11.8 Å². The Balaban J connectivity index is 1.54. The van der Waals surface area contributed by atoms with Gasteiger partial charge in [-0.05, 0) is 56.2 Å². The van der Waals surface area contributed by atoms with Crippen LogP contribution in [0.25, 0.3) is 0 Å². The van der Waals surface area contributed by atoms with Crippen LogP contribution in [0.2, 0.25) is 0 Å². The molecule has 6 nitrogen and oxygen atoms in total. The first-order chi connectivity index (χ1) is 13.1. The van der Waals surface area contributed by atoms with Crippen LogP contribution in [0.1, 0.15) is 54.6 Å². The highest BCUT2D eigenvalue weighted by Crippen LogP contribution is 2.46. The number of nitrogens with zero attached hydrogens (tertiary/aromatic N) is 4. The number of ether oxygens (including phenoxy) is 1. The van der Waals surface area contributed by atoms with Crippen LogP contribution in [0.3, 0.4) is 0 Å². The highest BCUT2D eigenvalue weighted by molar-refractivity contribution is 5.87. The molecule has 6 heteroatoms. The van der Waals surface area contributed by atoms with Crippen molar-refractivity contribution in [2.75, 3.05) is 24.6 Å². The maximum Gasteiger partial charge on any atom is 0.356 e. The molecule has 3 heterocycles. The smallest absolute Gasteiger partial charge is 0.356 e. The van der Waals surface area contributed by atoms with Crippen molar-refractivity contribution in [2.24, 2.45) is 11.8 Å². The van der Waals surface area contributed by atoms with Crippen molar-refractivity contribution in [1.82, 2.24) is 14.8 Å². The number of pyridine rings is 1. The topological polar surface area (TPSA) is 60.2 Å². The van der Waals surface area contributed by atoms with Crippen LogP contribution in [-0.4, -0.2) is 40.4 Å². The van der Waals surface area contributed by atoms with Crippen molar-refractivity contribution >= 4 is 11.8 Å². The summed E-state index contributed by atoms with van der Waals surface area (Å²) in [5.74, 6) is 2.59. The molecule has 0 bridgehead atoms. The number of piperidine rings is 1. The van der Waals surface area contributed by atoms with E-state index < -0.39 is 0 Å². The lowest BCUT2D eigenvalue weighted by Gasteiger charge is -2.20. The summed E-state index contributed by atoms with van der Waals surface area (Å²) in [5, 5.41) is 4.60. The van der Waals surface area contributed by atoms with E-state index in [1.807, 2.05) is 19.9 Å². The molecule has 2 aromatic heterocycles. The van der Waals surface area contributed by atoms with Crippen molar-refractivity contribution in [3.05, 3.63) is 40.8 Å². The number of aromatic nitrogens is 3. The number of carbonyl (C=O) groups excluding carboxylic acids is 1. The molecule has 0 spiro atoms. The molecule has 0 N–H and O–H groups in total. The number of hydrogen-bond donors (Lipinski definition) is 0. The first-order valence-corrected chi connectivity index (χ1v) is 10.1. The van der Waals surface area contributed by atoms with E-state index >= 15 is 0 Å². The van der Waals surface area contributed by atoms with Gasteiger partial charge >= 0.3 is 5.97 Å². The third-order valence-corrected chi connectivity index (χ3v) is 5.68. The molecule has 144 valence electrons. The zero-order chi connectivity index (χ0) is 19.0. The van der Waals surface area contributed by atoms with E-state index in [-0.39, 0.29) is 5.97 Å². The number of esters is 1. The summed E-state index contributed by atoms with van der Waals surface area (Å²) in [4.78, 5) is 19.5. The summed E-state index contributed by atoms with van der Waals surface area (Å²) >= 11 is 0. The highest BCUT2D eigenvalue weighted by atomic mass is 16.5. The van der Waals surface area contributed by atoms with E-state index in [4.69, 9.17) is 9.72 Å². The molecule has 0 radical (unpaired) electrons. The molecule has 1 saturated carbocycles. The standard InChI is InChI=1S/C21H28N4O2/c1-4-18-14(7-8-20(22-18)24-12-15-9-16(15)13-24)10-17-11-19(21(26)27-6-3)25(5-2)23-17/h7-8,11,15-16H,4-6,9-10,12-13H2,1-3H3. The quantitative estimate of drug-likeness (QED) is 0.703. The van der Waals surface area contributed by atoms with Gasteiger partial charge in [0.1, 0.15) is 11.5 Å². The largest absolute Gasteiger partial charge is 0.461 e. The van der Waals surface area contributed by atoms with Gasteiger partial charge in [-0.2, -0.15) is 5.10 Å². The summed E-state index contributed by atoms with van der Waals surface area (Å²) in [6, 6.07) is 6.17. The van der Waals surface area contributed by atoms with Gasteiger partial charge in [0.15, 0.2) is 0 Å². The second-order valence-electron chi connectivity index (χ2n) is 7.52. The lowest BCUT2D eigenvalue weighted by atomic mass is 10.1. The molecule has 2 atom stereocenters. The summed E-state index contributed by atoms with van der Waals surface area (Å²) in [6.07, 6.45) is 2.97. The number of hydrogen-bond acceptors (Lipinski definition) is 5. The van der Waals surface area contributed by atoms with E-state index in [1.54, 1.807) is 4.68 Å². The SMILES string of the molecule is CCOC(=O)c1cc(Cc2ccc(N3CC4CC4C3)nc2CC)nn1CC. The fourth-order valence-corrected chi connectivity index (χ4v) is 4.11. The first kappa shape index (κ1) is 18.0. The molecule has 2 aliphatic rings. The van der Waals surface area contributed by atoms with Gasteiger partial charge in [0, 0.05) is 31.7 Å². The Morgan fingerprint density at radius 3 is 2.67 bits per heavy atom. The third kappa shape index (κ3) is 3.57. The van der Waals surface area contributed by atoms with Gasteiger partial charge in [-0.3, -0.25) is 4.68 Å². The average Bonchev–Trinajstić information content (AvgIpc) is 3.10. The Bertz CT molecular complexity index is 835. The zero-order valence-corrected chi connectivity index (χ0v) is 16.4. The van der Waals surface area contributed by atoms with Crippen LogP contribution in [0.4, 0.5) is 5.82 Å². The summed E-state index contributed by atoms with van der Waals surface area (Å²) in [7, 11) is 0. The Morgan fingerprint density at radius 2 is 2.00 bits per heavy atom. The Kier molecular flexibility index (Phi) is 4.89. The van der Waals surface area contributed by atoms with Crippen LogP contribution in [0.5, 0.6) is 0 Å². The van der Waals surface area contributed by atoms with E-state index in [0.717, 1.165) is 48.6 Å². The minimum Gasteiger partial charge on any atom is -0.461 e. The maximum absolute atomic E-state index is 12.1. The average molecular weight is 368 g/mol. The number of carbonyl (C=O) groups is 1. The molecule has 2 fully saturated rings. The van der Waals surface area contributed by atoms with Crippen LogP contribution >= 0.6 is 0 Å². The second-order valence-corrected chi connectivity index (χ2v) is 7.52. The molecule has 4 rings (SSSR count). The van der Waals surface area contributed by atoms with Crippen molar-refractivity contribution in [3.8, 4) is 0 Å². The molecule has 1 saturated heterocycles. The normalized spacial score (nSPS) is 20.6. The molecule has 2 unspecified atom stereocenters. The minimum atomic E-state index is -0.310. The van der Waals surface area contributed by atoms with E-state index in [1.165, 1.54) is 12.0 Å². The Morgan fingerprint density at radius 1 is 1.22 bits per heavy atom. The monoisotopic (exact) mass is 368 g/mol. The van der Waals surface area contributed by atoms with Crippen LogP contribution < -0.4 is 4.90 Å². The summed E-state index contributed by atoms with van der Waals surface area (Å²) < 4.78 is 6.87. The number of fused-ring (bicyclic) bond motifs is 1. The number of anilines is 1. The first-order valence-electron chi connectivity index (χ1n) is 10.1. The number of aryl methyl sites for hydroxylation is 2. The van der Waals surface area contributed by atoms with Gasteiger partial charge in [0.2, 0.25) is 0 Å². The molecule has 2 aromatic rings. The van der Waals surface area contributed by atoms with Crippen molar-refractivity contribution < 1.29 is 9.53 Å². The molecule has 1 aliphatic heterocycles. The fraction of sp³-hybridized carbons (Fsp3) is 0.571. The molecule has 0 aromatic carbocycles. The van der Waals surface area contributed by atoms with E-state index in [0.29, 0.717) is 25.3 Å². The summed E-state index contributed by atoms with van der Waals surface area (Å²) in [6.45, 7) is 9.26. The third-order valence-electron chi connectivity index (χ3n) is 5.68. The molecule has 27 heavy (non-hydrogen) atoms. The number of rotatable bonds is 7. The molecular weight excluding hydrogens is 340 g/mol. The van der Waals surface area contributed by atoms with Crippen molar-refractivity contribution in [2.45, 2.75) is 46.6 Å². The van der Waals surface area contributed by atoms with Crippen molar-refractivity contribution in [1.29, 1.82) is 0 Å².